The lowest BCUT2D eigenvalue weighted by atomic mass is 10.1. The maximum atomic E-state index is 13.1. The molecular formula is C21H31N5O2S. The van der Waals surface area contributed by atoms with Gasteiger partial charge in [-0.05, 0) is 31.6 Å². The summed E-state index contributed by atoms with van der Waals surface area (Å²) in [5, 5.41) is 5.42. The first-order valence-corrected chi connectivity index (χ1v) is 11.1. The van der Waals surface area contributed by atoms with Crippen LogP contribution in [0.1, 0.15) is 49.7 Å². The van der Waals surface area contributed by atoms with Crippen LogP contribution in [0.4, 0.5) is 0 Å². The standard InChI is InChI=1S/C19H25N5O2S.C2H6/c1-11-15(27-12(2)21-11)6-7-23-17(25)16-14(22(5)18(23)26)9-20-24(16)10-13-8-19(13,3)4;1-2/h9,13H,6-8,10H2,1-5H3;1-2H3. The van der Waals surface area contributed by atoms with Crippen LogP contribution in [-0.4, -0.2) is 23.9 Å². The molecule has 0 amide bonds. The predicted molar refractivity (Wildman–Crippen MR) is 118 cm³/mol. The van der Waals surface area contributed by atoms with Crippen LogP contribution in [0.25, 0.3) is 11.0 Å². The van der Waals surface area contributed by atoms with Crippen LogP contribution in [-0.2, 0) is 26.6 Å². The zero-order valence-corrected chi connectivity index (χ0v) is 19.3. The summed E-state index contributed by atoms with van der Waals surface area (Å²) in [4.78, 5) is 31.4. The van der Waals surface area contributed by atoms with Crippen molar-refractivity contribution >= 4 is 22.4 Å². The number of rotatable bonds is 5. The Hall–Kier alpha value is -2.22. The lowest BCUT2D eigenvalue weighted by Crippen LogP contribution is -2.40. The molecule has 1 unspecified atom stereocenters. The lowest BCUT2D eigenvalue weighted by molar-refractivity contribution is 0.478. The maximum Gasteiger partial charge on any atom is 0.331 e. The first-order chi connectivity index (χ1) is 13.7. The monoisotopic (exact) mass is 417 g/mol. The largest absolute Gasteiger partial charge is 0.331 e. The number of aryl methyl sites for hydroxylation is 4. The molecule has 29 heavy (non-hydrogen) atoms. The van der Waals surface area contributed by atoms with Crippen LogP contribution < -0.4 is 11.2 Å². The zero-order chi connectivity index (χ0) is 21.5. The smallest absolute Gasteiger partial charge is 0.293 e. The van der Waals surface area contributed by atoms with E-state index in [-0.39, 0.29) is 11.2 Å². The van der Waals surface area contributed by atoms with E-state index in [1.54, 1.807) is 29.3 Å². The molecule has 0 saturated heterocycles. The van der Waals surface area contributed by atoms with Gasteiger partial charge < -0.3 is 0 Å². The first-order valence-electron chi connectivity index (χ1n) is 10.3. The van der Waals surface area contributed by atoms with Crippen LogP contribution in [0.3, 0.4) is 0 Å². The van der Waals surface area contributed by atoms with E-state index < -0.39 is 0 Å². The van der Waals surface area contributed by atoms with Gasteiger partial charge in [-0.3, -0.25) is 18.6 Å². The van der Waals surface area contributed by atoms with E-state index in [0.717, 1.165) is 28.5 Å². The summed E-state index contributed by atoms with van der Waals surface area (Å²) in [5.74, 6) is 0.522. The highest BCUT2D eigenvalue weighted by Gasteiger charge is 2.45. The predicted octanol–water partition coefficient (Wildman–Crippen LogP) is 3.29. The Balaban J connectivity index is 0.00000117. The summed E-state index contributed by atoms with van der Waals surface area (Å²) in [5.41, 5.74) is 1.87. The van der Waals surface area contributed by atoms with Gasteiger partial charge in [-0.15, -0.1) is 11.3 Å². The van der Waals surface area contributed by atoms with Crippen molar-refractivity contribution in [1.29, 1.82) is 0 Å². The van der Waals surface area contributed by atoms with Crippen molar-refractivity contribution in [2.45, 2.75) is 67.5 Å². The zero-order valence-electron chi connectivity index (χ0n) is 18.4. The quantitative estimate of drug-likeness (QED) is 0.638. The van der Waals surface area contributed by atoms with Crippen molar-refractivity contribution in [3.8, 4) is 0 Å². The summed E-state index contributed by atoms with van der Waals surface area (Å²) >= 11 is 1.62. The van der Waals surface area contributed by atoms with Gasteiger partial charge in [0, 0.05) is 31.4 Å². The molecule has 0 radical (unpaired) electrons. The molecule has 1 fully saturated rings. The Labute approximate surface area is 175 Å². The van der Waals surface area contributed by atoms with E-state index in [0.29, 0.717) is 35.3 Å². The Bertz CT molecular complexity index is 1150. The normalized spacial score (nSPS) is 17.3. The molecular weight excluding hydrogens is 386 g/mol. The molecule has 8 heteroatoms. The van der Waals surface area contributed by atoms with E-state index in [4.69, 9.17) is 0 Å². The van der Waals surface area contributed by atoms with E-state index in [1.807, 2.05) is 27.7 Å². The fourth-order valence-electron chi connectivity index (χ4n) is 3.79. The van der Waals surface area contributed by atoms with Gasteiger partial charge in [0.1, 0.15) is 0 Å². The van der Waals surface area contributed by atoms with Gasteiger partial charge in [0.05, 0.1) is 22.4 Å². The summed E-state index contributed by atoms with van der Waals surface area (Å²) < 4.78 is 4.66. The highest BCUT2D eigenvalue weighted by Crippen LogP contribution is 2.52. The summed E-state index contributed by atoms with van der Waals surface area (Å²) in [6, 6.07) is 0. The van der Waals surface area contributed by atoms with Crippen LogP contribution in [0.15, 0.2) is 15.8 Å². The molecule has 7 nitrogen and oxygen atoms in total. The number of hydrogen-bond acceptors (Lipinski definition) is 5. The van der Waals surface area contributed by atoms with E-state index in [1.165, 1.54) is 9.13 Å². The van der Waals surface area contributed by atoms with Gasteiger partial charge in [0.15, 0.2) is 5.52 Å². The highest BCUT2D eigenvalue weighted by molar-refractivity contribution is 7.11. The molecule has 0 bridgehead atoms. The second kappa shape index (κ2) is 7.89. The van der Waals surface area contributed by atoms with Gasteiger partial charge in [0.2, 0.25) is 0 Å². The topological polar surface area (TPSA) is 74.7 Å². The molecule has 3 aromatic heterocycles. The minimum Gasteiger partial charge on any atom is -0.293 e. The van der Waals surface area contributed by atoms with Gasteiger partial charge in [-0.2, -0.15) is 5.10 Å². The van der Waals surface area contributed by atoms with Gasteiger partial charge in [-0.25, -0.2) is 9.78 Å². The average Bonchev–Trinajstić information content (AvgIpc) is 2.97. The molecule has 1 atom stereocenters. The Morgan fingerprint density at radius 3 is 2.45 bits per heavy atom. The molecule has 0 aromatic carbocycles. The summed E-state index contributed by atoms with van der Waals surface area (Å²) in [6.45, 7) is 13.5. The Morgan fingerprint density at radius 2 is 1.90 bits per heavy atom. The Morgan fingerprint density at radius 1 is 1.24 bits per heavy atom. The molecule has 3 aromatic rings. The van der Waals surface area contributed by atoms with Crippen molar-refractivity contribution in [2.75, 3.05) is 0 Å². The van der Waals surface area contributed by atoms with Crippen LogP contribution in [0.2, 0.25) is 0 Å². The average molecular weight is 418 g/mol. The number of fused-ring (bicyclic) bond motifs is 1. The minimum atomic E-state index is -0.294. The van der Waals surface area contributed by atoms with Gasteiger partial charge in [0.25, 0.3) is 5.56 Å². The molecule has 1 saturated carbocycles. The fourth-order valence-corrected chi connectivity index (χ4v) is 4.72. The first kappa shape index (κ1) is 21.5. The number of aromatic nitrogens is 5. The van der Waals surface area contributed by atoms with Gasteiger partial charge in [-0.1, -0.05) is 27.7 Å². The van der Waals surface area contributed by atoms with E-state index in [9.17, 15) is 9.59 Å². The van der Waals surface area contributed by atoms with Crippen LogP contribution >= 0.6 is 11.3 Å². The third-order valence-corrected chi connectivity index (χ3v) is 6.95. The molecule has 4 rings (SSSR count). The molecule has 0 N–H and O–H groups in total. The van der Waals surface area contributed by atoms with Crippen molar-refractivity contribution in [3.63, 3.8) is 0 Å². The van der Waals surface area contributed by atoms with Crippen molar-refractivity contribution < 1.29 is 0 Å². The third kappa shape index (κ3) is 3.95. The molecule has 3 heterocycles. The van der Waals surface area contributed by atoms with Crippen molar-refractivity contribution in [1.82, 2.24) is 23.9 Å². The fraction of sp³-hybridized carbons (Fsp3) is 0.619. The van der Waals surface area contributed by atoms with Crippen molar-refractivity contribution in [2.24, 2.45) is 18.4 Å². The van der Waals surface area contributed by atoms with Crippen LogP contribution in [0, 0.1) is 25.2 Å². The van der Waals surface area contributed by atoms with E-state index >= 15 is 0 Å². The highest BCUT2D eigenvalue weighted by atomic mass is 32.1. The van der Waals surface area contributed by atoms with Crippen molar-refractivity contribution in [3.05, 3.63) is 42.6 Å². The lowest BCUT2D eigenvalue weighted by Gasteiger charge is -2.10. The molecule has 0 spiro atoms. The molecule has 1 aliphatic rings. The second-order valence-electron chi connectivity index (χ2n) is 8.24. The maximum absolute atomic E-state index is 13.1. The number of nitrogens with zero attached hydrogens (tertiary/aromatic N) is 5. The molecule has 1 aliphatic carbocycles. The Kier molecular flexibility index (Phi) is 5.85. The van der Waals surface area contributed by atoms with Gasteiger partial charge >= 0.3 is 5.69 Å². The van der Waals surface area contributed by atoms with E-state index in [2.05, 4.69) is 23.9 Å². The summed E-state index contributed by atoms with van der Waals surface area (Å²) in [6.07, 6.45) is 3.40. The summed E-state index contributed by atoms with van der Waals surface area (Å²) in [7, 11) is 1.70. The number of thiazole rings is 1. The minimum absolute atomic E-state index is 0.247. The molecule has 0 aliphatic heterocycles. The molecule has 158 valence electrons. The SMILES string of the molecule is CC.Cc1nc(C)c(CCn2c(=O)c3c(cnn3CC3CC3(C)C)n(C)c2=O)s1. The third-order valence-electron chi connectivity index (χ3n) is 5.82. The number of hydrogen-bond donors (Lipinski definition) is 0. The second-order valence-corrected chi connectivity index (χ2v) is 9.53. The van der Waals surface area contributed by atoms with Crippen LogP contribution in [0.5, 0.6) is 0 Å².